The average molecular weight is 367 g/mol. The molecule has 7 heteroatoms. The number of nitrogens with zero attached hydrogens (tertiary/aromatic N) is 4. The quantitative estimate of drug-likeness (QED) is 0.810. The average Bonchev–Trinajstić information content (AvgIpc) is 3.14. The summed E-state index contributed by atoms with van der Waals surface area (Å²) in [5, 5.41) is 0. The van der Waals surface area contributed by atoms with Crippen LogP contribution in [0.15, 0.2) is 29.4 Å². The molecular weight excluding hydrogens is 342 g/mol. The molecule has 1 aliphatic heterocycles. The summed E-state index contributed by atoms with van der Waals surface area (Å²) in [6.07, 6.45) is 4.18. The summed E-state index contributed by atoms with van der Waals surface area (Å²) in [5.41, 5.74) is 10.6. The van der Waals surface area contributed by atoms with Crippen molar-refractivity contribution in [3.8, 4) is 17.0 Å². The number of primary amides is 1. The summed E-state index contributed by atoms with van der Waals surface area (Å²) in [4.78, 5) is 25.2. The van der Waals surface area contributed by atoms with Crippen molar-refractivity contribution >= 4 is 23.5 Å². The molecule has 0 atom stereocenters. The van der Waals surface area contributed by atoms with E-state index < -0.39 is 5.91 Å². The Morgan fingerprint density at radius 2 is 2.04 bits per heavy atom. The zero-order valence-corrected chi connectivity index (χ0v) is 16.2. The zero-order chi connectivity index (χ0) is 19.6. The number of likely N-dealkylation sites (N-methyl/N-ethyl adjacent to an activating group) is 2. The number of aromatic nitrogens is 1. The monoisotopic (exact) mass is 367 g/mol. The lowest BCUT2D eigenvalue weighted by Crippen LogP contribution is -2.30. The van der Waals surface area contributed by atoms with Crippen LogP contribution in [0.2, 0.25) is 0 Å². The van der Waals surface area contributed by atoms with Gasteiger partial charge in [0.1, 0.15) is 0 Å². The van der Waals surface area contributed by atoms with Gasteiger partial charge in [-0.1, -0.05) is 0 Å². The zero-order valence-electron chi connectivity index (χ0n) is 16.2. The van der Waals surface area contributed by atoms with Crippen molar-refractivity contribution in [1.82, 2.24) is 9.88 Å². The van der Waals surface area contributed by atoms with E-state index in [2.05, 4.69) is 19.8 Å². The van der Waals surface area contributed by atoms with Crippen molar-refractivity contribution in [1.29, 1.82) is 0 Å². The van der Waals surface area contributed by atoms with Crippen LogP contribution in [0.3, 0.4) is 0 Å². The van der Waals surface area contributed by atoms with Gasteiger partial charge in [-0.15, -0.1) is 0 Å². The fraction of sp³-hybridized carbons (Fsp3) is 0.350. The Hall–Kier alpha value is -2.93. The van der Waals surface area contributed by atoms with Gasteiger partial charge in [-0.2, -0.15) is 0 Å². The van der Waals surface area contributed by atoms with Crippen LogP contribution < -0.4 is 15.4 Å². The van der Waals surface area contributed by atoms with E-state index in [1.165, 1.54) is 0 Å². The van der Waals surface area contributed by atoms with E-state index in [1.807, 2.05) is 45.6 Å². The minimum atomic E-state index is -0.428. The van der Waals surface area contributed by atoms with Crippen LogP contribution in [0.5, 0.6) is 5.88 Å². The van der Waals surface area contributed by atoms with Gasteiger partial charge in [0.15, 0.2) is 0 Å². The number of carbonyl (C=O) groups is 1. The van der Waals surface area contributed by atoms with Crippen molar-refractivity contribution in [2.45, 2.75) is 6.42 Å². The van der Waals surface area contributed by atoms with Crippen molar-refractivity contribution in [2.24, 2.45) is 10.7 Å². The molecule has 0 unspecified atom stereocenters. The second kappa shape index (κ2) is 7.75. The third-order valence-electron chi connectivity index (χ3n) is 4.69. The van der Waals surface area contributed by atoms with Crippen molar-refractivity contribution in [3.05, 3.63) is 35.5 Å². The summed E-state index contributed by atoms with van der Waals surface area (Å²) in [5.74, 6) is 0.124. The summed E-state index contributed by atoms with van der Waals surface area (Å²) in [6.45, 7) is 1.63. The molecule has 3 rings (SSSR count). The molecule has 2 N–H and O–H groups in total. The molecule has 1 aliphatic rings. The molecule has 0 fully saturated rings. The Kier molecular flexibility index (Phi) is 5.41. The first-order chi connectivity index (χ1) is 12.9. The van der Waals surface area contributed by atoms with Gasteiger partial charge in [0.05, 0.1) is 24.0 Å². The van der Waals surface area contributed by atoms with Crippen LogP contribution in [0.1, 0.15) is 15.9 Å². The Morgan fingerprint density at radius 1 is 1.26 bits per heavy atom. The SMILES string of the molecule is COc1ccc(-c2cc(N(C)CCN(C)C)c(C(N)=O)c3c2N=CC3)cn1. The molecule has 0 radical (unpaired) electrons. The Morgan fingerprint density at radius 3 is 2.63 bits per heavy atom. The number of rotatable bonds is 7. The highest BCUT2D eigenvalue weighted by Gasteiger charge is 2.25. The smallest absolute Gasteiger partial charge is 0.251 e. The van der Waals surface area contributed by atoms with Crippen LogP contribution >= 0.6 is 0 Å². The van der Waals surface area contributed by atoms with Crippen LogP contribution in [0.25, 0.3) is 11.1 Å². The minimum Gasteiger partial charge on any atom is -0.481 e. The Balaban J connectivity index is 2.13. The summed E-state index contributed by atoms with van der Waals surface area (Å²) in [6, 6.07) is 5.75. The van der Waals surface area contributed by atoms with E-state index in [1.54, 1.807) is 13.3 Å². The molecule has 0 bridgehead atoms. The first-order valence-corrected chi connectivity index (χ1v) is 8.80. The number of pyridine rings is 1. The van der Waals surface area contributed by atoms with Crippen LogP contribution in [0.4, 0.5) is 11.4 Å². The molecule has 0 aliphatic carbocycles. The largest absolute Gasteiger partial charge is 0.481 e. The maximum absolute atomic E-state index is 12.3. The van der Waals surface area contributed by atoms with E-state index in [0.717, 1.165) is 41.2 Å². The van der Waals surface area contributed by atoms with Gasteiger partial charge in [-0.3, -0.25) is 9.79 Å². The van der Waals surface area contributed by atoms with Gasteiger partial charge in [0.2, 0.25) is 5.88 Å². The van der Waals surface area contributed by atoms with Gasteiger partial charge in [-0.05, 0) is 31.8 Å². The fourth-order valence-corrected chi connectivity index (χ4v) is 3.21. The van der Waals surface area contributed by atoms with Crippen LogP contribution in [-0.2, 0) is 6.42 Å². The molecular formula is C20H25N5O2. The number of anilines is 1. The lowest BCUT2D eigenvalue weighted by atomic mass is 9.94. The van der Waals surface area contributed by atoms with E-state index >= 15 is 0 Å². The maximum Gasteiger partial charge on any atom is 0.251 e. The van der Waals surface area contributed by atoms with Gasteiger partial charge in [0.25, 0.3) is 5.91 Å². The van der Waals surface area contributed by atoms with Gasteiger partial charge < -0.3 is 20.3 Å². The van der Waals surface area contributed by atoms with Crippen LogP contribution in [-0.4, -0.2) is 63.3 Å². The number of methoxy groups -OCH3 is 1. The first-order valence-electron chi connectivity index (χ1n) is 8.80. The highest BCUT2D eigenvalue weighted by Crippen LogP contribution is 2.42. The standard InChI is InChI=1S/C20H25N5O2/c1-24(2)9-10-25(3)16-11-15(13-5-6-17(27-4)23-12-13)19-14(7-8-22-19)18(16)20(21)26/h5-6,8,11-12H,7,9-10H2,1-4H3,(H2,21,26). The van der Waals surface area contributed by atoms with Gasteiger partial charge in [0, 0.05) is 56.2 Å². The topological polar surface area (TPSA) is 84.0 Å². The number of nitrogens with two attached hydrogens (primary N) is 1. The lowest BCUT2D eigenvalue weighted by Gasteiger charge is -2.26. The third-order valence-corrected chi connectivity index (χ3v) is 4.69. The highest BCUT2D eigenvalue weighted by molar-refractivity contribution is 6.06. The van der Waals surface area contributed by atoms with E-state index in [0.29, 0.717) is 17.9 Å². The lowest BCUT2D eigenvalue weighted by molar-refractivity contribution is 0.1000. The number of hydrogen-bond donors (Lipinski definition) is 1. The second-order valence-electron chi connectivity index (χ2n) is 6.84. The Labute approximate surface area is 159 Å². The molecule has 2 aromatic rings. The number of benzene rings is 1. The third kappa shape index (κ3) is 3.78. The molecule has 0 spiro atoms. The van der Waals surface area contributed by atoms with E-state index in [4.69, 9.17) is 10.5 Å². The van der Waals surface area contributed by atoms with Gasteiger partial charge in [-0.25, -0.2) is 4.98 Å². The number of carbonyl (C=O) groups excluding carboxylic acids is 1. The number of hydrogen-bond acceptors (Lipinski definition) is 6. The maximum atomic E-state index is 12.3. The molecule has 1 aromatic heterocycles. The summed E-state index contributed by atoms with van der Waals surface area (Å²) < 4.78 is 5.15. The molecule has 0 saturated heterocycles. The van der Waals surface area contributed by atoms with E-state index in [-0.39, 0.29) is 0 Å². The van der Waals surface area contributed by atoms with Crippen molar-refractivity contribution < 1.29 is 9.53 Å². The highest BCUT2D eigenvalue weighted by atomic mass is 16.5. The fourth-order valence-electron chi connectivity index (χ4n) is 3.21. The minimum absolute atomic E-state index is 0.428. The van der Waals surface area contributed by atoms with Crippen LogP contribution in [0, 0.1) is 0 Å². The number of amides is 1. The molecule has 2 heterocycles. The predicted octanol–water partition coefficient (Wildman–Crippen LogP) is 2.11. The summed E-state index contributed by atoms with van der Waals surface area (Å²) >= 11 is 0. The molecule has 1 aromatic carbocycles. The molecule has 142 valence electrons. The normalized spacial score (nSPS) is 12.3. The van der Waals surface area contributed by atoms with Crippen molar-refractivity contribution in [3.63, 3.8) is 0 Å². The first kappa shape index (κ1) is 18.8. The number of fused-ring (bicyclic) bond motifs is 1. The molecule has 27 heavy (non-hydrogen) atoms. The number of aliphatic imine (C=N–C) groups is 1. The van der Waals surface area contributed by atoms with E-state index in [9.17, 15) is 4.79 Å². The Bertz CT molecular complexity index is 875. The predicted molar refractivity (Wildman–Crippen MR) is 108 cm³/mol. The molecule has 0 saturated carbocycles. The van der Waals surface area contributed by atoms with Crippen molar-refractivity contribution in [2.75, 3.05) is 46.2 Å². The summed E-state index contributed by atoms with van der Waals surface area (Å²) in [7, 11) is 7.61. The van der Waals surface area contributed by atoms with Gasteiger partial charge >= 0.3 is 0 Å². The second-order valence-corrected chi connectivity index (χ2v) is 6.84. The molecule has 1 amide bonds. The molecule has 7 nitrogen and oxygen atoms in total. The number of ether oxygens (including phenoxy) is 1.